The summed E-state index contributed by atoms with van der Waals surface area (Å²) in [5.41, 5.74) is 1.24. The Hall–Kier alpha value is -1.15. The summed E-state index contributed by atoms with van der Waals surface area (Å²) in [5, 5.41) is 10.2. The predicted octanol–water partition coefficient (Wildman–Crippen LogP) is 1.37. The lowest BCUT2D eigenvalue weighted by molar-refractivity contribution is 0.0349. The molecule has 0 spiro atoms. The number of likely N-dealkylation sites (N-methyl/N-ethyl adjacent to an activating group) is 1. The highest BCUT2D eigenvalue weighted by Gasteiger charge is 2.18. The SMILES string of the molecule is C[C@@H](CN1CCOCC1)NC(=O)NC[C@@H](c1ccsc1)N(C)C. The molecular weight excluding hydrogens is 312 g/mol. The quantitative estimate of drug-likeness (QED) is 0.787. The molecule has 1 aromatic rings. The monoisotopic (exact) mass is 340 g/mol. The molecule has 1 saturated heterocycles. The molecule has 2 atom stereocenters. The number of hydrogen-bond donors (Lipinski definition) is 2. The van der Waals surface area contributed by atoms with Crippen LogP contribution < -0.4 is 10.6 Å². The number of thiophene rings is 1. The Labute approximate surface area is 142 Å². The van der Waals surface area contributed by atoms with Crippen molar-refractivity contribution < 1.29 is 9.53 Å². The normalized spacial score (nSPS) is 18.6. The lowest BCUT2D eigenvalue weighted by Crippen LogP contribution is -2.49. The maximum absolute atomic E-state index is 12.1. The van der Waals surface area contributed by atoms with Gasteiger partial charge in [0.15, 0.2) is 0 Å². The number of nitrogens with zero attached hydrogens (tertiary/aromatic N) is 2. The van der Waals surface area contributed by atoms with Gasteiger partial charge in [0.2, 0.25) is 0 Å². The van der Waals surface area contributed by atoms with Gasteiger partial charge in [-0.1, -0.05) is 0 Å². The maximum Gasteiger partial charge on any atom is 0.315 e. The molecule has 0 radical (unpaired) electrons. The Morgan fingerprint density at radius 1 is 1.43 bits per heavy atom. The molecular formula is C16H28N4O2S. The molecule has 1 aliphatic heterocycles. The van der Waals surface area contributed by atoms with Gasteiger partial charge in [0.1, 0.15) is 0 Å². The molecule has 0 aliphatic carbocycles. The van der Waals surface area contributed by atoms with Crippen molar-refractivity contribution in [3.05, 3.63) is 22.4 Å². The minimum absolute atomic E-state index is 0.104. The smallest absolute Gasteiger partial charge is 0.315 e. The average molecular weight is 340 g/mol. The number of rotatable bonds is 7. The van der Waals surface area contributed by atoms with E-state index in [0.717, 1.165) is 32.8 Å². The standard InChI is InChI=1S/C16H28N4O2S/c1-13(11-20-5-7-22-8-6-20)18-16(21)17-10-15(19(2)3)14-4-9-23-12-14/h4,9,12-13,15H,5-8,10-11H2,1-3H3,(H2,17,18,21)/t13-,15-/m0/s1. The summed E-state index contributed by atoms with van der Waals surface area (Å²) in [5.74, 6) is 0. The van der Waals surface area contributed by atoms with Crippen LogP contribution in [-0.2, 0) is 4.74 Å². The number of amides is 2. The minimum atomic E-state index is -0.104. The second-order valence-corrected chi connectivity index (χ2v) is 6.98. The molecule has 2 amide bonds. The zero-order valence-corrected chi connectivity index (χ0v) is 15.1. The van der Waals surface area contributed by atoms with Gasteiger partial charge >= 0.3 is 6.03 Å². The first-order valence-electron chi connectivity index (χ1n) is 8.09. The van der Waals surface area contributed by atoms with Gasteiger partial charge in [0.05, 0.1) is 19.3 Å². The van der Waals surface area contributed by atoms with Crippen molar-refractivity contribution in [2.75, 3.05) is 53.5 Å². The molecule has 130 valence electrons. The van der Waals surface area contributed by atoms with Crippen LogP contribution >= 0.6 is 11.3 Å². The zero-order chi connectivity index (χ0) is 16.7. The van der Waals surface area contributed by atoms with Crippen LogP contribution in [0.15, 0.2) is 16.8 Å². The molecule has 1 aromatic heterocycles. The van der Waals surface area contributed by atoms with Crippen LogP contribution in [0.1, 0.15) is 18.5 Å². The molecule has 0 unspecified atom stereocenters. The molecule has 0 saturated carbocycles. The molecule has 0 aromatic carbocycles. The molecule has 23 heavy (non-hydrogen) atoms. The van der Waals surface area contributed by atoms with E-state index in [0.29, 0.717) is 6.54 Å². The first-order valence-corrected chi connectivity index (χ1v) is 9.03. The minimum Gasteiger partial charge on any atom is -0.379 e. The highest BCUT2D eigenvalue weighted by molar-refractivity contribution is 7.07. The van der Waals surface area contributed by atoms with E-state index < -0.39 is 0 Å². The van der Waals surface area contributed by atoms with Gasteiger partial charge in [-0.3, -0.25) is 4.90 Å². The number of urea groups is 1. The van der Waals surface area contributed by atoms with E-state index in [1.807, 2.05) is 21.0 Å². The molecule has 7 heteroatoms. The fraction of sp³-hybridized carbons (Fsp3) is 0.688. The third kappa shape index (κ3) is 6.10. The first kappa shape index (κ1) is 18.2. The zero-order valence-electron chi connectivity index (χ0n) is 14.2. The third-order valence-electron chi connectivity index (χ3n) is 4.02. The maximum atomic E-state index is 12.1. The van der Waals surface area contributed by atoms with Gasteiger partial charge < -0.3 is 20.3 Å². The first-order chi connectivity index (χ1) is 11.1. The highest BCUT2D eigenvalue weighted by Crippen LogP contribution is 2.19. The number of carbonyl (C=O) groups excluding carboxylic acids is 1. The van der Waals surface area contributed by atoms with Gasteiger partial charge in [-0.05, 0) is 43.4 Å². The van der Waals surface area contributed by atoms with Gasteiger partial charge in [0, 0.05) is 32.2 Å². The van der Waals surface area contributed by atoms with Gasteiger partial charge in [0.25, 0.3) is 0 Å². The summed E-state index contributed by atoms with van der Waals surface area (Å²) in [7, 11) is 4.06. The van der Waals surface area contributed by atoms with Crippen molar-refractivity contribution in [3.8, 4) is 0 Å². The number of ether oxygens (including phenoxy) is 1. The van der Waals surface area contributed by atoms with E-state index in [9.17, 15) is 4.79 Å². The largest absolute Gasteiger partial charge is 0.379 e. The second kappa shape index (κ2) is 9.22. The Bertz CT molecular complexity index is 461. The molecule has 2 rings (SSSR count). The van der Waals surface area contributed by atoms with Crippen LogP contribution in [0.25, 0.3) is 0 Å². The van der Waals surface area contributed by atoms with E-state index in [4.69, 9.17) is 4.74 Å². The van der Waals surface area contributed by atoms with E-state index >= 15 is 0 Å². The Balaban J connectivity index is 1.72. The third-order valence-corrected chi connectivity index (χ3v) is 4.72. The Kier molecular flexibility index (Phi) is 7.29. The fourth-order valence-electron chi connectivity index (χ4n) is 2.74. The van der Waals surface area contributed by atoms with Crippen LogP contribution in [-0.4, -0.2) is 75.4 Å². The Morgan fingerprint density at radius 2 is 2.17 bits per heavy atom. The summed E-state index contributed by atoms with van der Waals surface area (Å²) in [6.07, 6.45) is 0. The van der Waals surface area contributed by atoms with Crippen LogP contribution in [0.2, 0.25) is 0 Å². The molecule has 1 aliphatic rings. The predicted molar refractivity (Wildman–Crippen MR) is 94.0 cm³/mol. The average Bonchev–Trinajstić information content (AvgIpc) is 3.02. The van der Waals surface area contributed by atoms with Crippen molar-refractivity contribution >= 4 is 17.4 Å². The summed E-state index contributed by atoms with van der Waals surface area (Å²) in [6.45, 7) is 6.94. The van der Waals surface area contributed by atoms with Crippen LogP contribution in [0.5, 0.6) is 0 Å². The van der Waals surface area contributed by atoms with Gasteiger partial charge in [-0.2, -0.15) is 11.3 Å². The van der Waals surface area contributed by atoms with Crippen molar-refractivity contribution in [1.29, 1.82) is 0 Å². The summed E-state index contributed by atoms with van der Waals surface area (Å²) >= 11 is 1.68. The summed E-state index contributed by atoms with van der Waals surface area (Å²) < 4.78 is 5.34. The van der Waals surface area contributed by atoms with Crippen molar-refractivity contribution in [1.82, 2.24) is 20.4 Å². The van der Waals surface area contributed by atoms with Crippen molar-refractivity contribution in [2.24, 2.45) is 0 Å². The molecule has 1 fully saturated rings. The van der Waals surface area contributed by atoms with E-state index in [1.165, 1.54) is 5.56 Å². The van der Waals surface area contributed by atoms with Gasteiger partial charge in [-0.15, -0.1) is 0 Å². The molecule has 6 nitrogen and oxygen atoms in total. The van der Waals surface area contributed by atoms with E-state index in [1.54, 1.807) is 11.3 Å². The summed E-state index contributed by atoms with van der Waals surface area (Å²) in [4.78, 5) is 16.6. The van der Waals surface area contributed by atoms with Gasteiger partial charge in [-0.25, -0.2) is 4.79 Å². The number of nitrogens with one attached hydrogen (secondary N) is 2. The van der Waals surface area contributed by atoms with Crippen molar-refractivity contribution in [3.63, 3.8) is 0 Å². The van der Waals surface area contributed by atoms with E-state index in [-0.39, 0.29) is 18.1 Å². The number of hydrogen-bond acceptors (Lipinski definition) is 5. The van der Waals surface area contributed by atoms with Crippen LogP contribution in [0.3, 0.4) is 0 Å². The molecule has 2 heterocycles. The van der Waals surface area contributed by atoms with Crippen LogP contribution in [0.4, 0.5) is 4.79 Å². The van der Waals surface area contributed by atoms with Crippen LogP contribution in [0, 0.1) is 0 Å². The van der Waals surface area contributed by atoms with Crippen molar-refractivity contribution in [2.45, 2.75) is 19.0 Å². The number of morpholine rings is 1. The lowest BCUT2D eigenvalue weighted by Gasteiger charge is -2.29. The summed E-state index contributed by atoms with van der Waals surface area (Å²) in [6, 6.07) is 2.32. The Morgan fingerprint density at radius 3 is 2.78 bits per heavy atom. The second-order valence-electron chi connectivity index (χ2n) is 6.20. The van der Waals surface area contributed by atoms with E-state index in [2.05, 4.69) is 37.3 Å². The molecule has 2 N–H and O–H groups in total. The molecule has 0 bridgehead atoms. The topological polar surface area (TPSA) is 56.8 Å². The fourth-order valence-corrected chi connectivity index (χ4v) is 3.45. The lowest BCUT2D eigenvalue weighted by atomic mass is 10.1. The number of carbonyl (C=O) groups is 1. The highest BCUT2D eigenvalue weighted by atomic mass is 32.1.